The van der Waals surface area contributed by atoms with Crippen molar-refractivity contribution in [3.05, 3.63) is 70.8 Å². The molecule has 0 spiro atoms. The molecule has 1 heterocycles. The number of benzene rings is 2. The molecule has 0 saturated carbocycles. The zero-order valence-corrected chi connectivity index (χ0v) is 17.3. The SMILES string of the molecule is CC(C)c1ccc(C(=O)N2CCN(C(=O)c3ccc(C(C)C)cc3)CC2)cc1. The van der Waals surface area contributed by atoms with Gasteiger partial charge in [-0.15, -0.1) is 0 Å². The van der Waals surface area contributed by atoms with Gasteiger partial charge in [-0.3, -0.25) is 9.59 Å². The zero-order valence-electron chi connectivity index (χ0n) is 17.3. The van der Waals surface area contributed by atoms with Crippen LogP contribution >= 0.6 is 0 Å². The molecule has 0 unspecified atom stereocenters. The van der Waals surface area contributed by atoms with E-state index < -0.39 is 0 Å². The molecule has 2 aromatic rings. The minimum Gasteiger partial charge on any atom is -0.335 e. The van der Waals surface area contributed by atoms with Crippen molar-refractivity contribution in [2.24, 2.45) is 0 Å². The van der Waals surface area contributed by atoms with E-state index in [1.807, 2.05) is 58.3 Å². The number of nitrogens with zero attached hydrogens (tertiary/aromatic N) is 2. The Morgan fingerprint density at radius 3 is 1.14 bits per heavy atom. The summed E-state index contributed by atoms with van der Waals surface area (Å²) in [6.45, 7) is 10.8. The van der Waals surface area contributed by atoms with Crippen LogP contribution in [0.4, 0.5) is 0 Å². The van der Waals surface area contributed by atoms with Crippen molar-refractivity contribution in [2.45, 2.75) is 39.5 Å². The largest absolute Gasteiger partial charge is 0.335 e. The average molecular weight is 379 g/mol. The summed E-state index contributed by atoms with van der Waals surface area (Å²) in [5.41, 5.74) is 3.90. The van der Waals surface area contributed by atoms with Gasteiger partial charge in [-0.2, -0.15) is 0 Å². The van der Waals surface area contributed by atoms with Gasteiger partial charge in [0.25, 0.3) is 11.8 Å². The van der Waals surface area contributed by atoms with E-state index in [0.717, 1.165) is 0 Å². The van der Waals surface area contributed by atoms with E-state index in [-0.39, 0.29) is 11.8 Å². The van der Waals surface area contributed by atoms with E-state index in [0.29, 0.717) is 49.1 Å². The predicted octanol–water partition coefficient (Wildman–Crippen LogP) is 4.53. The Balaban J connectivity index is 1.59. The predicted molar refractivity (Wildman–Crippen MR) is 113 cm³/mol. The average Bonchev–Trinajstić information content (AvgIpc) is 2.73. The first-order chi connectivity index (χ1) is 13.4. The highest BCUT2D eigenvalue weighted by atomic mass is 16.2. The van der Waals surface area contributed by atoms with Gasteiger partial charge >= 0.3 is 0 Å². The summed E-state index contributed by atoms with van der Waals surface area (Å²) in [5.74, 6) is 0.994. The first-order valence-electron chi connectivity index (χ1n) is 10.1. The number of rotatable bonds is 4. The van der Waals surface area contributed by atoms with Crippen molar-refractivity contribution in [2.75, 3.05) is 26.2 Å². The number of hydrogen-bond donors (Lipinski definition) is 0. The minimum absolute atomic E-state index is 0.0451. The highest BCUT2D eigenvalue weighted by Gasteiger charge is 2.25. The maximum Gasteiger partial charge on any atom is 0.253 e. The molecule has 3 rings (SSSR count). The van der Waals surface area contributed by atoms with Gasteiger partial charge in [0.2, 0.25) is 0 Å². The Morgan fingerprint density at radius 2 is 0.893 bits per heavy atom. The summed E-state index contributed by atoms with van der Waals surface area (Å²) in [6, 6.07) is 15.7. The fourth-order valence-electron chi connectivity index (χ4n) is 3.50. The lowest BCUT2D eigenvalue weighted by atomic mass is 10.0. The molecule has 4 nitrogen and oxygen atoms in total. The molecule has 0 bridgehead atoms. The maximum absolute atomic E-state index is 12.8. The summed E-state index contributed by atoms with van der Waals surface area (Å²) < 4.78 is 0. The van der Waals surface area contributed by atoms with Gasteiger partial charge in [0.05, 0.1) is 0 Å². The molecule has 0 N–H and O–H groups in total. The molecule has 2 amide bonds. The van der Waals surface area contributed by atoms with Gasteiger partial charge in [0, 0.05) is 37.3 Å². The topological polar surface area (TPSA) is 40.6 Å². The summed E-state index contributed by atoms with van der Waals surface area (Å²) in [7, 11) is 0. The van der Waals surface area contributed by atoms with Gasteiger partial charge in [0.1, 0.15) is 0 Å². The Morgan fingerprint density at radius 1 is 0.607 bits per heavy atom. The third-order valence-corrected chi connectivity index (χ3v) is 5.50. The Hall–Kier alpha value is -2.62. The quantitative estimate of drug-likeness (QED) is 0.784. The van der Waals surface area contributed by atoms with Crippen LogP contribution in [0.1, 0.15) is 71.4 Å². The Labute approximate surface area is 168 Å². The summed E-state index contributed by atoms with van der Waals surface area (Å²) in [4.78, 5) is 29.2. The monoisotopic (exact) mass is 378 g/mol. The Bertz CT molecular complexity index is 743. The molecule has 0 atom stereocenters. The standard InChI is InChI=1S/C24H30N2O2/c1-17(2)19-5-9-21(10-6-19)23(27)25-13-15-26(16-14-25)24(28)22-11-7-20(8-12-22)18(3)4/h5-12,17-18H,13-16H2,1-4H3. The number of amides is 2. The molecule has 1 aliphatic heterocycles. The van der Waals surface area contributed by atoms with Crippen LogP contribution in [0.3, 0.4) is 0 Å². The number of hydrogen-bond acceptors (Lipinski definition) is 2. The number of piperazine rings is 1. The van der Waals surface area contributed by atoms with Gasteiger partial charge < -0.3 is 9.80 Å². The lowest BCUT2D eigenvalue weighted by molar-refractivity contribution is 0.0535. The highest BCUT2D eigenvalue weighted by molar-refractivity contribution is 5.96. The fraction of sp³-hybridized carbons (Fsp3) is 0.417. The molecule has 1 aliphatic rings. The zero-order chi connectivity index (χ0) is 20.3. The van der Waals surface area contributed by atoms with Crippen LogP contribution in [0.15, 0.2) is 48.5 Å². The first-order valence-corrected chi connectivity index (χ1v) is 10.1. The van der Waals surface area contributed by atoms with E-state index in [4.69, 9.17) is 0 Å². The number of carbonyl (C=O) groups excluding carboxylic acids is 2. The van der Waals surface area contributed by atoms with E-state index in [2.05, 4.69) is 27.7 Å². The summed E-state index contributed by atoms with van der Waals surface area (Å²) >= 11 is 0. The molecule has 0 aliphatic carbocycles. The van der Waals surface area contributed by atoms with Crippen molar-refractivity contribution in [3.63, 3.8) is 0 Å². The van der Waals surface area contributed by atoms with Crippen molar-refractivity contribution in [1.82, 2.24) is 9.80 Å². The normalized spacial score (nSPS) is 14.6. The van der Waals surface area contributed by atoms with Crippen LogP contribution in [-0.2, 0) is 0 Å². The van der Waals surface area contributed by atoms with Crippen molar-refractivity contribution >= 4 is 11.8 Å². The van der Waals surface area contributed by atoms with Crippen molar-refractivity contribution in [3.8, 4) is 0 Å². The van der Waals surface area contributed by atoms with Gasteiger partial charge in [-0.05, 0) is 47.2 Å². The second-order valence-corrected chi connectivity index (χ2v) is 8.14. The van der Waals surface area contributed by atoms with Crippen LogP contribution < -0.4 is 0 Å². The van der Waals surface area contributed by atoms with Crippen LogP contribution in [0.2, 0.25) is 0 Å². The smallest absolute Gasteiger partial charge is 0.253 e. The second kappa shape index (κ2) is 8.59. The third kappa shape index (κ3) is 4.44. The third-order valence-electron chi connectivity index (χ3n) is 5.50. The maximum atomic E-state index is 12.8. The molecular formula is C24H30N2O2. The lowest BCUT2D eigenvalue weighted by Gasteiger charge is -2.35. The minimum atomic E-state index is 0.0451. The number of carbonyl (C=O) groups is 2. The Kier molecular flexibility index (Phi) is 6.18. The molecule has 1 saturated heterocycles. The van der Waals surface area contributed by atoms with E-state index in [9.17, 15) is 9.59 Å². The molecular weight excluding hydrogens is 348 g/mol. The molecule has 1 fully saturated rings. The molecule has 2 aromatic carbocycles. The van der Waals surface area contributed by atoms with Gasteiger partial charge in [-0.25, -0.2) is 0 Å². The van der Waals surface area contributed by atoms with Crippen molar-refractivity contribution in [1.29, 1.82) is 0 Å². The van der Waals surface area contributed by atoms with Gasteiger partial charge in [-0.1, -0.05) is 52.0 Å². The van der Waals surface area contributed by atoms with Crippen LogP contribution in [-0.4, -0.2) is 47.8 Å². The molecule has 4 heteroatoms. The van der Waals surface area contributed by atoms with Crippen LogP contribution in [0, 0.1) is 0 Å². The van der Waals surface area contributed by atoms with E-state index in [1.54, 1.807) is 0 Å². The van der Waals surface area contributed by atoms with Crippen LogP contribution in [0.25, 0.3) is 0 Å². The second-order valence-electron chi connectivity index (χ2n) is 8.14. The van der Waals surface area contributed by atoms with Gasteiger partial charge in [0.15, 0.2) is 0 Å². The first kappa shape index (κ1) is 20.1. The summed E-state index contributed by atoms with van der Waals surface area (Å²) in [6.07, 6.45) is 0. The van der Waals surface area contributed by atoms with E-state index >= 15 is 0 Å². The molecule has 0 radical (unpaired) electrons. The fourth-order valence-corrected chi connectivity index (χ4v) is 3.50. The summed E-state index contributed by atoms with van der Waals surface area (Å²) in [5, 5.41) is 0. The molecule has 0 aromatic heterocycles. The molecule has 148 valence electrons. The lowest BCUT2D eigenvalue weighted by Crippen LogP contribution is -2.50. The van der Waals surface area contributed by atoms with E-state index in [1.165, 1.54) is 11.1 Å². The highest BCUT2D eigenvalue weighted by Crippen LogP contribution is 2.18. The molecule has 28 heavy (non-hydrogen) atoms. The van der Waals surface area contributed by atoms with Crippen LogP contribution in [0.5, 0.6) is 0 Å². The van der Waals surface area contributed by atoms with Crippen molar-refractivity contribution < 1.29 is 9.59 Å².